The van der Waals surface area contributed by atoms with Gasteiger partial charge in [0.2, 0.25) is 0 Å². The summed E-state index contributed by atoms with van der Waals surface area (Å²) in [6, 6.07) is 14.0. The van der Waals surface area contributed by atoms with Crippen molar-refractivity contribution < 1.29 is 0 Å². The van der Waals surface area contributed by atoms with Gasteiger partial charge < -0.3 is 5.73 Å². The van der Waals surface area contributed by atoms with Gasteiger partial charge in [-0.1, -0.05) is 39.7 Å². The molecule has 4 heteroatoms. The zero-order valence-electron chi connectivity index (χ0n) is 9.54. The quantitative estimate of drug-likeness (QED) is 0.677. The standard InChI is InChI=1S/C14H12BrClIN/c15-10-3-1-2-9(6-10)7-14(18)12-8-11(16)4-5-13(12)17/h1-6,8,14H,7,18H2. The van der Waals surface area contributed by atoms with Crippen LogP contribution in [0.4, 0.5) is 0 Å². The molecule has 2 aromatic carbocycles. The fraction of sp³-hybridized carbons (Fsp3) is 0.143. The fourth-order valence-electron chi connectivity index (χ4n) is 1.83. The van der Waals surface area contributed by atoms with Crippen LogP contribution < -0.4 is 5.73 Å². The zero-order valence-corrected chi connectivity index (χ0v) is 14.0. The van der Waals surface area contributed by atoms with Crippen molar-refractivity contribution in [3.05, 3.63) is 66.7 Å². The molecule has 0 fully saturated rings. The van der Waals surface area contributed by atoms with E-state index in [1.165, 1.54) is 5.56 Å². The molecule has 2 aromatic rings. The van der Waals surface area contributed by atoms with Gasteiger partial charge in [0.1, 0.15) is 0 Å². The number of nitrogens with two attached hydrogens (primary N) is 1. The van der Waals surface area contributed by atoms with Crippen molar-refractivity contribution in [2.24, 2.45) is 5.73 Å². The highest BCUT2D eigenvalue weighted by Crippen LogP contribution is 2.25. The highest BCUT2D eigenvalue weighted by Gasteiger charge is 2.11. The first kappa shape index (κ1) is 14.3. The van der Waals surface area contributed by atoms with E-state index in [-0.39, 0.29) is 6.04 Å². The largest absolute Gasteiger partial charge is 0.324 e. The molecule has 0 heterocycles. The minimum Gasteiger partial charge on any atom is -0.324 e. The van der Waals surface area contributed by atoms with E-state index in [1.54, 1.807) is 0 Å². The van der Waals surface area contributed by atoms with Crippen LogP contribution >= 0.6 is 50.1 Å². The van der Waals surface area contributed by atoms with Crippen LogP contribution in [0.25, 0.3) is 0 Å². The van der Waals surface area contributed by atoms with Crippen molar-refractivity contribution in [2.45, 2.75) is 12.5 Å². The van der Waals surface area contributed by atoms with E-state index in [0.29, 0.717) is 0 Å². The SMILES string of the molecule is NC(Cc1cccc(Br)c1)c1cc(Cl)ccc1I. The Hall–Kier alpha value is -0.100. The average molecular weight is 437 g/mol. The molecular formula is C14H12BrClIN. The van der Waals surface area contributed by atoms with E-state index in [9.17, 15) is 0 Å². The van der Waals surface area contributed by atoms with Gasteiger partial charge in [-0.15, -0.1) is 0 Å². The summed E-state index contributed by atoms with van der Waals surface area (Å²) < 4.78 is 2.23. The van der Waals surface area contributed by atoms with Gasteiger partial charge in [-0.25, -0.2) is 0 Å². The van der Waals surface area contributed by atoms with Crippen LogP contribution in [-0.4, -0.2) is 0 Å². The predicted molar refractivity (Wildman–Crippen MR) is 88.9 cm³/mol. The van der Waals surface area contributed by atoms with Crippen molar-refractivity contribution in [1.29, 1.82) is 0 Å². The molecule has 0 saturated carbocycles. The van der Waals surface area contributed by atoms with Gasteiger partial charge in [0.25, 0.3) is 0 Å². The first-order valence-corrected chi connectivity index (χ1v) is 7.76. The normalized spacial score (nSPS) is 12.4. The minimum atomic E-state index is -0.0371. The van der Waals surface area contributed by atoms with Gasteiger partial charge in [0.05, 0.1) is 0 Å². The first-order chi connectivity index (χ1) is 8.56. The second-order valence-electron chi connectivity index (χ2n) is 4.11. The Bertz CT molecular complexity index is 559. The molecule has 1 nitrogen and oxygen atoms in total. The van der Waals surface area contributed by atoms with Crippen LogP contribution in [0.2, 0.25) is 5.02 Å². The minimum absolute atomic E-state index is 0.0371. The Morgan fingerprint density at radius 2 is 2.00 bits per heavy atom. The number of halogens is 3. The first-order valence-electron chi connectivity index (χ1n) is 5.51. The molecule has 1 unspecified atom stereocenters. The van der Waals surface area contributed by atoms with Gasteiger partial charge in [-0.2, -0.15) is 0 Å². The van der Waals surface area contributed by atoms with Crippen molar-refractivity contribution >= 4 is 50.1 Å². The van der Waals surface area contributed by atoms with Crippen LogP contribution in [0.5, 0.6) is 0 Å². The lowest BCUT2D eigenvalue weighted by Crippen LogP contribution is -2.14. The topological polar surface area (TPSA) is 26.0 Å². The maximum Gasteiger partial charge on any atom is 0.0410 e. The van der Waals surface area contributed by atoms with Gasteiger partial charge >= 0.3 is 0 Å². The highest BCUT2D eigenvalue weighted by atomic mass is 127. The summed E-state index contributed by atoms with van der Waals surface area (Å²) in [4.78, 5) is 0. The molecule has 0 aliphatic heterocycles. The van der Waals surface area contributed by atoms with Gasteiger partial charge in [0.15, 0.2) is 0 Å². The molecule has 94 valence electrons. The van der Waals surface area contributed by atoms with E-state index in [4.69, 9.17) is 17.3 Å². The van der Waals surface area contributed by atoms with E-state index in [1.807, 2.05) is 30.3 Å². The van der Waals surface area contributed by atoms with E-state index < -0.39 is 0 Å². The number of rotatable bonds is 3. The summed E-state index contributed by atoms with van der Waals surface area (Å²) in [5.41, 5.74) is 8.58. The van der Waals surface area contributed by atoms with E-state index in [0.717, 1.165) is 25.0 Å². The summed E-state index contributed by atoms with van der Waals surface area (Å²) >= 11 is 11.8. The van der Waals surface area contributed by atoms with Gasteiger partial charge in [-0.3, -0.25) is 0 Å². The number of hydrogen-bond donors (Lipinski definition) is 1. The molecule has 0 amide bonds. The summed E-state index contributed by atoms with van der Waals surface area (Å²) in [6.07, 6.45) is 0.801. The zero-order chi connectivity index (χ0) is 13.1. The Balaban J connectivity index is 2.21. The highest BCUT2D eigenvalue weighted by molar-refractivity contribution is 14.1. The summed E-state index contributed by atoms with van der Waals surface area (Å²) in [6.45, 7) is 0. The van der Waals surface area contributed by atoms with Gasteiger partial charge in [-0.05, 0) is 70.5 Å². The lowest BCUT2D eigenvalue weighted by Gasteiger charge is -2.14. The molecule has 0 bridgehead atoms. The molecule has 0 aromatic heterocycles. The van der Waals surface area contributed by atoms with Gasteiger partial charge in [0, 0.05) is 19.1 Å². The molecule has 2 N–H and O–H groups in total. The van der Waals surface area contributed by atoms with Crippen LogP contribution in [0.15, 0.2) is 46.9 Å². The molecular weight excluding hydrogens is 424 g/mol. The molecule has 0 aliphatic rings. The van der Waals surface area contributed by atoms with Crippen LogP contribution in [0, 0.1) is 3.57 Å². The number of hydrogen-bond acceptors (Lipinski definition) is 1. The molecule has 0 radical (unpaired) electrons. The summed E-state index contributed by atoms with van der Waals surface area (Å²) in [5.74, 6) is 0. The van der Waals surface area contributed by atoms with Crippen molar-refractivity contribution in [1.82, 2.24) is 0 Å². The fourth-order valence-corrected chi connectivity index (χ4v) is 3.19. The molecule has 2 rings (SSSR count). The Morgan fingerprint density at radius 1 is 1.22 bits per heavy atom. The monoisotopic (exact) mass is 435 g/mol. The average Bonchev–Trinajstić information content (AvgIpc) is 2.32. The molecule has 0 aliphatic carbocycles. The third-order valence-electron chi connectivity index (χ3n) is 2.70. The Labute approximate surface area is 134 Å². The Morgan fingerprint density at radius 3 is 2.72 bits per heavy atom. The number of benzene rings is 2. The lowest BCUT2D eigenvalue weighted by molar-refractivity contribution is 0.718. The van der Waals surface area contributed by atoms with Crippen molar-refractivity contribution in [3.8, 4) is 0 Å². The summed E-state index contributed by atoms with van der Waals surface area (Å²) in [7, 11) is 0. The lowest BCUT2D eigenvalue weighted by atomic mass is 10.00. The summed E-state index contributed by atoms with van der Waals surface area (Å²) in [5, 5.41) is 0.732. The second kappa shape index (κ2) is 6.37. The molecule has 18 heavy (non-hydrogen) atoms. The second-order valence-corrected chi connectivity index (χ2v) is 6.62. The predicted octanol–water partition coefficient (Wildman–Crippen LogP) is 4.95. The third kappa shape index (κ3) is 3.70. The molecule has 1 atom stereocenters. The van der Waals surface area contributed by atoms with Crippen molar-refractivity contribution in [3.63, 3.8) is 0 Å². The smallest absolute Gasteiger partial charge is 0.0410 e. The van der Waals surface area contributed by atoms with E-state index in [2.05, 4.69) is 50.7 Å². The maximum atomic E-state index is 6.27. The van der Waals surface area contributed by atoms with E-state index >= 15 is 0 Å². The molecule has 0 saturated heterocycles. The van der Waals surface area contributed by atoms with Crippen LogP contribution in [-0.2, 0) is 6.42 Å². The van der Waals surface area contributed by atoms with Crippen LogP contribution in [0.1, 0.15) is 17.2 Å². The van der Waals surface area contributed by atoms with Crippen LogP contribution in [0.3, 0.4) is 0 Å². The third-order valence-corrected chi connectivity index (χ3v) is 4.41. The van der Waals surface area contributed by atoms with Crippen molar-refractivity contribution in [2.75, 3.05) is 0 Å². The maximum absolute atomic E-state index is 6.27. The molecule has 0 spiro atoms. The Kier molecular flexibility index (Phi) is 5.06.